The predicted molar refractivity (Wildman–Crippen MR) is 45.9 cm³/mol. The van der Waals surface area contributed by atoms with E-state index in [2.05, 4.69) is 10.2 Å². The van der Waals surface area contributed by atoms with Crippen molar-refractivity contribution in [3.63, 3.8) is 0 Å². The van der Waals surface area contributed by atoms with E-state index >= 15 is 0 Å². The number of rotatable bonds is 2. The predicted octanol–water partition coefficient (Wildman–Crippen LogP) is -0.930. The first-order chi connectivity index (χ1) is 5.72. The van der Waals surface area contributed by atoms with E-state index in [-0.39, 0.29) is 5.96 Å². The van der Waals surface area contributed by atoms with Gasteiger partial charge in [0.25, 0.3) is 0 Å². The van der Waals surface area contributed by atoms with Crippen molar-refractivity contribution in [2.75, 3.05) is 0 Å². The molecule has 0 unspecified atom stereocenters. The van der Waals surface area contributed by atoms with Crippen LogP contribution in [0.25, 0.3) is 0 Å². The van der Waals surface area contributed by atoms with Crippen molar-refractivity contribution in [1.29, 1.82) is 0 Å². The minimum Gasteiger partial charge on any atom is -0.291 e. The fourth-order valence-corrected chi connectivity index (χ4v) is 0.772. The van der Waals surface area contributed by atoms with Gasteiger partial charge in [-0.2, -0.15) is 0 Å². The molecular formula is C7H9N4O+. The first-order valence-corrected chi connectivity index (χ1v) is 3.30. The van der Waals surface area contributed by atoms with E-state index in [1.54, 1.807) is 24.3 Å². The number of nitrogens with zero attached hydrogens (tertiary/aromatic N) is 1. The Morgan fingerprint density at radius 3 is 2.25 bits per heavy atom. The van der Waals surface area contributed by atoms with Gasteiger partial charge in [0.15, 0.2) is 0 Å². The summed E-state index contributed by atoms with van der Waals surface area (Å²) in [4.78, 5) is 12.7. The number of benzene rings is 1. The lowest BCUT2D eigenvalue weighted by Gasteiger charge is -1.91. The van der Waals surface area contributed by atoms with Gasteiger partial charge in [-0.25, -0.2) is 4.99 Å². The monoisotopic (exact) mass is 165 g/mol. The number of guanidine groups is 1. The van der Waals surface area contributed by atoms with E-state index < -0.39 is 0 Å². The molecule has 0 aliphatic rings. The van der Waals surface area contributed by atoms with Gasteiger partial charge >= 0.3 is 5.96 Å². The Kier molecular flexibility index (Phi) is 2.37. The van der Waals surface area contributed by atoms with Gasteiger partial charge in [-0.05, 0) is 29.4 Å². The third-order valence-corrected chi connectivity index (χ3v) is 1.26. The van der Waals surface area contributed by atoms with Crippen molar-refractivity contribution in [1.82, 2.24) is 0 Å². The summed E-state index contributed by atoms with van der Waals surface area (Å²) in [6.07, 6.45) is 0. The minimum atomic E-state index is 0.113. The molecule has 0 amide bonds. The van der Waals surface area contributed by atoms with E-state index in [0.29, 0.717) is 5.69 Å². The molecule has 1 rings (SSSR count). The standard InChI is InChI=1S/C7H8N4O/c8-7(9)10-5-1-3-6(11-12)4-2-5/h1-4H,(H4,8,9,10)/p+1. The highest BCUT2D eigenvalue weighted by Gasteiger charge is 1.93. The van der Waals surface area contributed by atoms with Gasteiger partial charge in [-0.3, -0.25) is 11.5 Å². The maximum Gasteiger partial charge on any atom is 0.343 e. The van der Waals surface area contributed by atoms with Crippen molar-refractivity contribution < 1.29 is 4.99 Å². The second kappa shape index (κ2) is 3.47. The van der Waals surface area contributed by atoms with Gasteiger partial charge in [0, 0.05) is 0 Å². The van der Waals surface area contributed by atoms with Crippen LogP contribution < -0.4 is 16.5 Å². The van der Waals surface area contributed by atoms with E-state index in [1.165, 1.54) is 0 Å². The average molecular weight is 165 g/mol. The SMILES string of the molecule is NC(N)=[NH+]c1ccc(N=O)cc1. The molecule has 0 heterocycles. The van der Waals surface area contributed by atoms with Crippen molar-refractivity contribution in [3.8, 4) is 0 Å². The lowest BCUT2D eigenvalue weighted by Crippen LogP contribution is -2.72. The van der Waals surface area contributed by atoms with Crippen LogP contribution in [0, 0.1) is 4.91 Å². The number of nitrogens with one attached hydrogen (secondary N) is 1. The molecule has 0 radical (unpaired) electrons. The van der Waals surface area contributed by atoms with Gasteiger partial charge in [-0.15, -0.1) is 4.91 Å². The third-order valence-electron chi connectivity index (χ3n) is 1.26. The second-order valence-electron chi connectivity index (χ2n) is 2.22. The summed E-state index contributed by atoms with van der Waals surface area (Å²) in [5.41, 5.74) is 11.5. The highest BCUT2D eigenvalue weighted by Crippen LogP contribution is 2.11. The molecule has 12 heavy (non-hydrogen) atoms. The van der Waals surface area contributed by atoms with Gasteiger partial charge < -0.3 is 0 Å². The van der Waals surface area contributed by atoms with Gasteiger partial charge in [0.2, 0.25) is 0 Å². The largest absolute Gasteiger partial charge is 0.343 e. The van der Waals surface area contributed by atoms with Crippen LogP contribution in [-0.4, -0.2) is 5.96 Å². The van der Waals surface area contributed by atoms with Crippen LogP contribution in [0.5, 0.6) is 0 Å². The maximum atomic E-state index is 10.0. The zero-order chi connectivity index (χ0) is 8.97. The smallest absolute Gasteiger partial charge is 0.291 e. The number of hydrogen-bond acceptors (Lipinski definition) is 2. The fraction of sp³-hybridized carbons (Fsp3) is 0. The highest BCUT2D eigenvalue weighted by molar-refractivity contribution is 5.70. The molecule has 0 aromatic heterocycles. The van der Waals surface area contributed by atoms with Crippen molar-refractivity contribution in [3.05, 3.63) is 29.2 Å². The third kappa shape index (κ3) is 2.05. The minimum absolute atomic E-state index is 0.113. The van der Waals surface area contributed by atoms with E-state index in [4.69, 9.17) is 11.5 Å². The molecule has 1 aromatic rings. The van der Waals surface area contributed by atoms with Crippen molar-refractivity contribution in [2.45, 2.75) is 0 Å². The molecule has 0 fully saturated rings. The number of nitrogens with two attached hydrogens (primary N) is 2. The molecular weight excluding hydrogens is 156 g/mol. The zero-order valence-electron chi connectivity index (χ0n) is 6.32. The van der Waals surface area contributed by atoms with Crippen LogP contribution in [0.15, 0.2) is 29.4 Å². The molecule has 0 atom stereocenters. The molecule has 5 heteroatoms. The lowest BCUT2D eigenvalue weighted by atomic mass is 10.3. The molecule has 5 N–H and O–H groups in total. The van der Waals surface area contributed by atoms with Gasteiger partial charge in [0.05, 0.1) is 5.69 Å². The molecule has 0 bridgehead atoms. The first kappa shape index (κ1) is 8.19. The Morgan fingerprint density at radius 2 is 1.83 bits per heavy atom. The molecule has 5 nitrogen and oxygen atoms in total. The number of hydrogen-bond donors (Lipinski definition) is 3. The summed E-state index contributed by atoms with van der Waals surface area (Å²) >= 11 is 0. The molecule has 0 spiro atoms. The molecule has 62 valence electrons. The van der Waals surface area contributed by atoms with Gasteiger partial charge in [-0.1, -0.05) is 0 Å². The zero-order valence-corrected chi connectivity index (χ0v) is 6.32. The van der Waals surface area contributed by atoms with Gasteiger partial charge in [0.1, 0.15) is 5.69 Å². The molecule has 1 aromatic carbocycles. The Bertz CT molecular complexity index is 300. The fourth-order valence-electron chi connectivity index (χ4n) is 0.772. The molecule has 0 saturated carbocycles. The summed E-state index contributed by atoms with van der Waals surface area (Å²) < 4.78 is 0. The van der Waals surface area contributed by atoms with Crippen LogP contribution in [0.3, 0.4) is 0 Å². The summed E-state index contributed by atoms with van der Waals surface area (Å²) in [6.45, 7) is 0. The second-order valence-corrected chi connectivity index (χ2v) is 2.22. The van der Waals surface area contributed by atoms with Crippen LogP contribution >= 0.6 is 0 Å². The summed E-state index contributed by atoms with van der Waals surface area (Å²) in [7, 11) is 0. The van der Waals surface area contributed by atoms with Crippen molar-refractivity contribution in [2.24, 2.45) is 16.6 Å². The molecule has 0 aliphatic carbocycles. The lowest BCUT2D eigenvalue weighted by molar-refractivity contribution is -0.356. The number of nitroso groups, excluding NO2 is 1. The summed E-state index contributed by atoms with van der Waals surface area (Å²) in [5, 5.41) is 2.74. The van der Waals surface area contributed by atoms with E-state index in [9.17, 15) is 4.91 Å². The molecule has 0 aliphatic heterocycles. The van der Waals surface area contributed by atoms with Crippen LogP contribution in [0.4, 0.5) is 11.4 Å². The topological polar surface area (TPSA) is 95.4 Å². The van der Waals surface area contributed by atoms with Crippen LogP contribution in [0.1, 0.15) is 0 Å². The average Bonchev–Trinajstić information content (AvgIpc) is 2.05. The summed E-state index contributed by atoms with van der Waals surface area (Å²) in [5.74, 6) is 0.113. The van der Waals surface area contributed by atoms with E-state index in [0.717, 1.165) is 5.69 Å². The van der Waals surface area contributed by atoms with Crippen molar-refractivity contribution >= 4 is 17.3 Å². The van der Waals surface area contributed by atoms with Crippen LogP contribution in [-0.2, 0) is 0 Å². The summed E-state index contributed by atoms with van der Waals surface area (Å²) in [6, 6.07) is 6.46. The first-order valence-electron chi connectivity index (χ1n) is 3.30. The Morgan fingerprint density at radius 1 is 1.25 bits per heavy atom. The Balaban J connectivity index is 2.92. The molecule has 0 saturated heterocycles. The Labute approximate surface area is 69.1 Å². The quantitative estimate of drug-likeness (QED) is 0.300. The highest BCUT2D eigenvalue weighted by atomic mass is 16.3. The Hall–Kier alpha value is -1.91. The van der Waals surface area contributed by atoms with E-state index in [1.807, 2.05) is 0 Å². The van der Waals surface area contributed by atoms with Crippen LogP contribution in [0.2, 0.25) is 0 Å². The normalized spacial score (nSPS) is 9.00. The maximum absolute atomic E-state index is 10.0.